The van der Waals surface area contributed by atoms with Gasteiger partial charge in [0, 0.05) is 6.54 Å². The number of likely N-dealkylation sites (N-methyl/N-ethyl adjacent to an activating group) is 1. The van der Waals surface area contributed by atoms with Gasteiger partial charge in [0.2, 0.25) is 0 Å². The summed E-state index contributed by atoms with van der Waals surface area (Å²) in [7, 11) is 2.15. The zero-order valence-corrected chi connectivity index (χ0v) is 9.65. The molecule has 2 rings (SSSR count). The van der Waals surface area contributed by atoms with Crippen LogP contribution in [0.3, 0.4) is 0 Å². The quantitative estimate of drug-likeness (QED) is 0.714. The molecule has 1 saturated heterocycles. The zero-order valence-electron chi connectivity index (χ0n) is 8.13. The second-order valence-corrected chi connectivity index (χ2v) is 4.74. The predicted octanol–water partition coefficient (Wildman–Crippen LogP) is 3.41. The van der Waals surface area contributed by atoms with Crippen LogP contribution in [-0.2, 0) is 0 Å². The molecule has 1 nitrogen and oxygen atoms in total. The van der Waals surface area contributed by atoms with Gasteiger partial charge in [-0.2, -0.15) is 0 Å². The minimum Gasteiger partial charge on any atom is -0.306 e. The van der Waals surface area contributed by atoms with E-state index in [9.17, 15) is 0 Å². The topological polar surface area (TPSA) is 3.24 Å². The third kappa shape index (κ3) is 2.05. The number of hydrogen-bond donors (Lipinski definition) is 0. The van der Waals surface area contributed by atoms with Crippen LogP contribution in [0.4, 0.5) is 0 Å². The first-order valence-electron chi connectivity index (χ1n) is 4.80. The first kappa shape index (κ1) is 10.3. The highest BCUT2D eigenvalue weighted by Gasteiger charge is 2.21. The molecule has 0 bridgehead atoms. The van der Waals surface area contributed by atoms with Gasteiger partial charge in [-0.3, -0.25) is 0 Å². The molecule has 1 heterocycles. The van der Waals surface area contributed by atoms with Crippen molar-refractivity contribution in [1.29, 1.82) is 0 Å². The highest BCUT2D eigenvalue weighted by Crippen LogP contribution is 2.30. The summed E-state index contributed by atoms with van der Waals surface area (Å²) in [5.74, 6) is 0.620. The molecule has 0 amide bonds. The third-order valence-corrected chi connectivity index (χ3v) is 3.55. The van der Waals surface area contributed by atoms with Gasteiger partial charge in [0.15, 0.2) is 0 Å². The molecule has 3 heteroatoms. The Morgan fingerprint density at radius 3 is 2.64 bits per heavy atom. The van der Waals surface area contributed by atoms with E-state index in [2.05, 4.69) is 18.0 Å². The molecular weight excluding hydrogens is 217 g/mol. The van der Waals surface area contributed by atoms with Gasteiger partial charge in [-0.15, -0.1) is 0 Å². The van der Waals surface area contributed by atoms with E-state index in [4.69, 9.17) is 23.2 Å². The first-order valence-corrected chi connectivity index (χ1v) is 5.56. The van der Waals surface area contributed by atoms with Gasteiger partial charge in [0.25, 0.3) is 0 Å². The number of nitrogens with zero attached hydrogens (tertiary/aromatic N) is 1. The van der Waals surface area contributed by atoms with Crippen molar-refractivity contribution in [3.05, 3.63) is 33.8 Å². The predicted molar refractivity (Wildman–Crippen MR) is 61.3 cm³/mol. The first-order chi connectivity index (χ1) is 6.66. The van der Waals surface area contributed by atoms with Crippen LogP contribution in [0, 0.1) is 0 Å². The maximum atomic E-state index is 5.98. The lowest BCUT2D eigenvalue weighted by molar-refractivity contribution is 0.411. The number of likely N-dealkylation sites (tertiary alicyclic amines) is 1. The number of halogens is 2. The van der Waals surface area contributed by atoms with E-state index in [1.807, 2.05) is 12.1 Å². The molecule has 14 heavy (non-hydrogen) atoms. The summed E-state index contributed by atoms with van der Waals surface area (Å²) in [5.41, 5.74) is 1.31. The Labute approximate surface area is 94.6 Å². The van der Waals surface area contributed by atoms with Crippen molar-refractivity contribution < 1.29 is 0 Å². The van der Waals surface area contributed by atoms with Crippen LogP contribution in [-0.4, -0.2) is 25.0 Å². The molecule has 1 unspecified atom stereocenters. The maximum Gasteiger partial charge on any atom is 0.0595 e. The van der Waals surface area contributed by atoms with Crippen LogP contribution < -0.4 is 0 Å². The van der Waals surface area contributed by atoms with Gasteiger partial charge in [0.05, 0.1) is 10.0 Å². The number of benzene rings is 1. The van der Waals surface area contributed by atoms with Crippen LogP contribution in [0.2, 0.25) is 10.0 Å². The van der Waals surface area contributed by atoms with Crippen molar-refractivity contribution in [2.45, 2.75) is 12.3 Å². The molecule has 0 aromatic heterocycles. The summed E-state index contributed by atoms with van der Waals surface area (Å²) in [5, 5.41) is 1.31. The summed E-state index contributed by atoms with van der Waals surface area (Å²) in [6.07, 6.45) is 1.22. The van der Waals surface area contributed by atoms with Crippen LogP contribution >= 0.6 is 23.2 Å². The summed E-state index contributed by atoms with van der Waals surface area (Å²) in [6, 6.07) is 5.96. The third-order valence-electron chi connectivity index (χ3n) is 2.81. The Morgan fingerprint density at radius 2 is 2.07 bits per heavy atom. The van der Waals surface area contributed by atoms with Gasteiger partial charge in [-0.1, -0.05) is 29.3 Å². The summed E-state index contributed by atoms with van der Waals surface area (Å²) >= 11 is 11.9. The minimum atomic E-state index is 0.620. The van der Waals surface area contributed by atoms with E-state index in [0.29, 0.717) is 16.0 Å². The van der Waals surface area contributed by atoms with Crippen LogP contribution in [0.15, 0.2) is 18.2 Å². The largest absolute Gasteiger partial charge is 0.306 e. The van der Waals surface area contributed by atoms with Gasteiger partial charge < -0.3 is 4.90 Å². The van der Waals surface area contributed by atoms with Gasteiger partial charge in [-0.25, -0.2) is 0 Å². The molecule has 0 spiro atoms. The van der Waals surface area contributed by atoms with E-state index in [0.717, 1.165) is 6.54 Å². The highest BCUT2D eigenvalue weighted by molar-refractivity contribution is 6.42. The lowest BCUT2D eigenvalue weighted by Gasteiger charge is -2.11. The fourth-order valence-corrected chi connectivity index (χ4v) is 2.28. The van der Waals surface area contributed by atoms with Crippen molar-refractivity contribution in [2.24, 2.45) is 0 Å². The second-order valence-electron chi connectivity index (χ2n) is 3.92. The summed E-state index contributed by atoms with van der Waals surface area (Å²) in [6.45, 7) is 2.29. The smallest absolute Gasteiger partial charge is 0.0595 e. The molecular formula is C11H13Cl2N. The molecule has 1 aliphatic heterocycles. The lowest BCUT2D eigenvalue weighted by Crippen LogP contribution is -2.13. The Morgan fingerprint density at radius 1 is 1.29 bits per heavy atom. The SMILES string of the molecule is CN1CCC(c2ccc(Cl)c(Cl)c2)C1. The van der Waals surface area contributed by atoms with Crippen molar-refractivity contribution >= 4 is 23.2 Å². The lowest BCUT2D eigenvalue weighted by atomic mass is 9.99. The monoisotopic (exact) mass is 229 g/mol. The molecule has 1 aromatic rings. The van der Waals surface area contributed by atoms with E-state index in [1.165, 1.54) is 18.5 Å². The minimum absolute atomic E-state index is 0.620. The molecule has 0 radical (unpaired) electrons. The average molecular weight is 230 g/mol. The standard InChI is InChI=1S/C11H13Cl2N/c1-14-5-4-9(7-14)8-2-3-10(12)11(13)6-8/h2-3,6,9H,4-5,7H2,1H3. The zero-order chi connectivity index (χ0) is 10.1. The van der Waals surface area contributed by atoms with E-state index >= 15 is 0 Å². The molecule has 1 aliphatic rings. The maximum absolute atomic E-state index is 5.98. The summed E-state index contributed by atoms with van der Waals surface area (Å²) < 4.78 is 0. The molecule has 1 atom stereocenters. The fourth-order valence-electron chi connectivity index (χ4n) is 1.97. The highest BCUT2D eigenvalue weighted by atomic mass is 35.5. The molecule has 76 valence electrons. The van der Waals surface area contributed by atoms with E-state index < -0.39 is 0 Å². The van der Waals surface area contributed by atoms with E-state index in [-0.39, 0.29) is 0 Å². The molecule has 0 aliphatic carbocycles. The fraction of sp³-hybridized carbons (Fsp3) is 0.455. The average Bonchev–Trinajstić information content (AvgIpc) is 2.57. The molecule has 0 N–H and O–H groups in total. The Bertz CT molecular complexity index is 338. The van der Waals surface area contributed by atoms with Crippen LogP contribution in [0.1, 0.15) is 17.9 Å². The van der Waals surface area contributed by atoms with Crippen molar-refractivity contribution in [3.63, 3.8) is 0 Å². The van der Waals surface area contributed by atoms with Crippen molar-refractivity contribution in [2.75, 3.05) is 20.1 Å². The van der Waals surface area contributed by atoms with Crippen molar-refractivity contribution in [3.8, 4) is 0 Å². The summed E-state index contributed by atoms with van der Waals surface area (Å²) in [4.78, 5) is 2.34. The Balaban J connectivity index is 2.20. The molecule has 0 saturated carbocycles. The number of rotatable bonds is 1. The van der Waals surface area contributed by atoms with Crippen molar-refractivity contribution in [1.82, 2.24) is 4.90 Å². The van der Waals surface area contributed by atoms with Crippen LogP contribution in [0.5, 0.6) is 0 Å². The van der Waals surface area contributed by atoms with Gasteiger partial charge in [0.1, 0.15) is 0 Å². The Kier molecular flexibility index (Phi) is 3.01. The van der Waals surface area contributed by atoms with Gasteiger partial charge in [-0.05, 0) is 43.6 Å². The number of hydrogen-bond acceptors (Lipinski definition) is 1. The van der Waals surface area contributed by atoms with E-state index in [1.54, 1.807) is 0 Å². The normalized spacial score (nSPS) is 22.9. The Hall–Kier alpha value is -0.240. The van der Waals surface area contributed by atoms with Gasteiger partial charge >= 0.3 is 0 Å². The molecule has 1 aromatic carbocycles. The van der Waals surface area contributed by atoms with Crippen LogP contribution in [0.25, 0.3) is 0 Å². The second kappa shape index (κ2) is 4.09. The molecule has 1 fully saturated rings.